The van der Waals surface area contributed by atoms with Crippen LogP contribution >= 0.6 is 0 Å². The van der Waals surface area contributed by atoms with E-state index in [0.717, 1.165) is 0 Å². The van der Waals surface area contributed by atoms with Gasteiger partial charge in [0.2, 0.25) is 0 Å². The molecule has 0 saturated carbocycles. The zero-order valence-corrected chi connectivity index (χ0v) is 10.3. The quantitative estimate of drug-likeness (QED) is 0.730. The van der Waals surface area contributed by atoms with Crippen LogP contribution in [0.3, 0.4) is 0 Å². The summed E-state index contributed by atoms with van der Waals surface area (Å²) in [6, 6.07) is 0. The molecule has 0 aromatic heterocycles. The molecule has 0 atom stereocenters. The van der Waals surface area contributed by atoms with Gasteiger partial charge >= 0.3 is 0 Å². The second-order valence-corrected chi connectivity index (χ2v) is 4.23. The number of ether oxygens (including phenoxy) is 6. The van der Waals surface area contributed by atoms with Crippen molar-refractivity contribution in [1.82, 2.24) is 0 Å². The summed E-state index contributed by atoms with van der Waals surface area (Å²) in [7, 11) is 0. The molecule has 2 fully saturated rings. The summed E-state index contributed by atoms with van der Waals surface area (Å²) in [5.41, 5.74) is -0.235. The van der Waals surface area contributed by atoms with Crippen LogP contribution in [0.15, 0.2) is 0 Å². The van der Waals surface area contributed by atoms with Gasteiger partial charge in [-0.15, -0.1) is 0 Å². The maximum Gasteiger partial charge on any atom is 0.271 e. The lowest BCUT2D eigenvalue weighted by Crippen LogP contribution is -2.53. The molecule has 0 radical (unpaired) electrons. The number of hydrogen-bond donors (Lipinski definition) is 0. The van der Waals surface area contributed by atoms with Crippen LogP contribution in [0.25, 0.3) is 0 Å². The molecule has 2 rings (SSSR count). The molecule has 0 aliphatic carbocycles. The van der Waals surface area contributed by atoms with Gasteiger partial charge in [0.05, 0.1) is 31.8 Å². The molecule has 17 heavy (non-hydrogen) atoms. The van der Waals surface area contributed by atoms with E-state index in [4.69, 9.17) is 28.4 Å². The summed E-state index contributed by atoms with van der Waals surface area (Å²) in [5.74, 6) is 0. The molecule has 6 heteroatoms. The summed E-state index contributed by atoms with van der Waals surface area (Å²) in [6.07, 6.45) is 0. The highest BCUT2D eigenvalue weighted by molar-refractivity contribution is 4.82. The van der Waals surface area contributed by atoms with Gasteiger partial charge in [-0.3, -0.25) is 0 Å². The van der Waals surface area contributed by atoms with Crippen LogP contribution in [-0.4, -0.2) is 52.6 Å². The Morgan fingerprint density at radius 1 is 0.824 bits per heavy atom. The van der Waals surface area contributed by atoms with Crippen LogP contribution in [-0.2, 0) is 28.4 Å². The van der Waals surface area contributed by atoms with Crippen molar-refractivity contribution in [3.8, 4) is 0 Å². The zero-order valence-electron chi connectivity index (χ0n) is 10.3. The lowest BCUT2D eigenvalue weighted by Gasteiger charge is -2.42. The van der Waals surface area contributed by atoms with Crippen LogP contribution < -0.4 is 0 Å². The Balaban J connectivity index is 1.76. The van der Waals surface area contributed by atoms with E-state index in [2.05, 4.69) is 0 Å². The van der Waals surface area contributed by atoms with E-state index >= 15 is 0 Å². The topological polar surface area (TPSA) is 55.4 Å². The Morgan fingerprint density at radius 2 is 1.18 bits per heavy atom. The summed E-state index contributed by atoms with van der Waals surface area (Å²) in [6.45, 7) is 5.85. The van der Waals surface area contributed by atoms with Crippen molar-refractivity contribution in [3.63, 3.8) is 0 Å². The minimum atomic E-state index is -0.560. The van der Waals surface area contributed by atoms with Crippen molar-refractivity contribution < 1.29 is 28.4 Å². The van der Waals surface area contributed by atoms with E-state index in [9.17, 15) is 0 Å². The van der Waals surface area contributed by atoms with Gasteiger partial charge < -0.3 is 28.4 Å². The molecular formula is C11H20O6. The Labute approximate surface area is 101 Å². The molecule has 0 unspecified atom stereocenters. The molecule has 2 aliphatic rings. The molecule has 100 valence electrons. The fourth-order valence-corrected chi connectivity index (χ4v) is 1.79. The average Bonchev–Trinajstić information content (AvgIpc) is 2.36. The lowest BCUT2D eigenvalue weighted by molar-refractivity contribution is -0.390. The number of rotatable bonds is 4. The van der Waals surface area contributed by atoms with Crippen molar-refractivity contribution in [2.75, 3.05) is 39.6 Å². The van der Waals surface area contributed by atoms with E-state index in [1.54, 1.807) is 0 Å². The van der Waals surface area contributed by atoms with Crippen LogP contribution in [0.4, 0.5) is 0 Å². The van der Waals surface area contributed by atoms with E-state index < -0.39 is 13.0 Å². The third kappa shape index (κ3) is 3.37. The second kappa shape index (κ2) is 6.08. The van der Waals surface area contributed by atoms with Crippen LogP contribution in [0.5, 0.6) is 0 Å². The molecule has 0 amide bonds. The smallest absolute Gasteiger partial charge is 0.271 e. The van der Waals surface area contributed by atoms with Crippen molar-refractivity contribution in [2.45, 2.75) is 26.8 Å². The Hall–Kier alpha value is -0.240. The first-order valence-corrected chi connectivity index (χ1v) is 5.97. The Kier molecular flexibility index (Phi) is 4.72. The van der Waals surface area contributed by atoms with E-state index in [0.29, 0.717) is 39.6 Å². The van der Waals surface area contributed by atoms with E-state index in [-0.39, 0.29) is 5.41 Å². The molecule has 0 aromatic carbocycles. The molecule has 0 N–H and O–H groups in total. The zero-order chi connectivity index (χ0) is 12.1. The predicted molar refractivity (Wildman–Crippen MR) is 57.1 cm³/mol. The highest BCUT2D eigenvalue weighted by atomic mass is 16.9. The molecule has 6 nitrogen and oxygen atoms in total. The summed E-state index contributed by atoms with van der Waals surface area (Å²) >= 11 is 0. The third-order valence-electron chi connectivity index (χ3n) is 2.71. The van der Waals surface area contributed by atoms with Gasteiger partial charge in [-0.05, 0) is 13.8 Å². The standard InChI is InChI=1S/C11H20O6/c1-3-12-9-14-5-11(6-15-9)7-16-10(13-4-2)17-8-11/h9-10H,3-8H2,1-2H3. The molecule has 0 bridgehead atoms. The fourth-order valence-electron chi connectivity index (χ4n) is 1.79. The minimum absolute atomic E-state index is 0.235. The Morgan fingerprint density at radius 3 is 1.47 bits per heavy atom. The summed E-state index contributed by atoms with van der Waals surface area (Å²) in [5, 5.41) is 0. The first kappa shape index (κ1) is 13.2. The maximum atomic E-state index is 5.46. The normalized spacial score (nSPS) is 38.5. The van der Waals surface area contributed by atoms with Crippen molar-refractivity contribution in [3.05, 3.63) is 0 Å². The largest absolute Gasteiger partial charge is 0.330 e. The highest BCUT2D eigenvalue weighted by Crippen LogP contribution is 2.30. The van der Waals surface area contributed by atoms with Crippen LogP contribution in [0.2, 0.25) is 0 Å². The van der Waals surface area contributed by atoms with Crippen LogP contribution in [0, 0.1) is 5.41 Å². The van der Waals surface area contributed by atoms with Crippen molar-refractivity contribution in [2.24, 2.45) is 5.41 Å². The first-order valence-electron chi connectivity index (χ1n) is 5.97. The fraction of sp³-hybridized carbons (Fsp3) is 1.00. The van der Waals surface area contributed by atoms with Crippen molar-refractivity contribution in [1.29, 1.82) is 0 Å². The number of hydrogen-bond acceptors (Lipinski definition) is 6. The van der Waals surface area contributed by atoms with Gasteiger partial charge in [0.15, 0.2) is 0 Å². The van der Waals surface area contributed by atoms with Crippen LogP contribution in [0.1, 0.15) is 13.8 Å². The first-order chi connectivity index (χ1) is 8.28. The average molecular weight is 248 g/mol. The maximum absolute atomic E-state index is 5.46. The van der Waals surface area contributed by atoms with Gasteiger partial charge in [-0.2, -0.15) is 0 Å². The Bertz CT molecular complexity index is 190. The SMILES string of the molecule is CCOC1OCC2(CO1)COC(OCC)OC2. The van der Waals surface area contributed by atoms with E-state index in [1.165, 1.54) is 0 Å². The van der Waals surface area contributed by atoms with Gasteiger partial charge in [0, 0.05) is 13.2 Å². The van der Waals surface area contributed by atoms with Gasteiger partial charge in [0.25, 0.3) is 13.0 Å². The van der Waals surface area contributed by atoms with E-state index in [1.807, 2.05) is 13.8 Å². The monoisotopic (exact) mass is 248 g/mol. The van der Waals surface area contributed by atoms with Gasteiger partial charge in [-0.1, -0.05) is 0 Å². The lowest BCUT2D eigenvalue weighted by atomic mass is 9.91. The van der Waals surface area contributed by atoms with Gasteiger partial charge in [-0.25, -0.2) is 0 Å². The molecule has 2 aliphatic heterocycles. The third-order valence-corrected chi connectivity index (χ3v) is 2.71. The highest BCUT2D eigenvalue weighted by Gasteiger charge is 2.42. The molecular weight excluding hydrogens is 228 g/mol. The summed E-state index contributed by atoms with van der Waals surface area (Å²) < 4.78 is 32.3. The molecule has 1 spiro atoms. The molecule has 2 heterocycles. The molecule has 2 saturated heterocycles. The minimum Gasteiger partial charge on any atom is -0.330 e. The van der Waals surface area contributed by atoms with Crippen molar-refractivity contribution >= 4 is 0 Å². The van der Waals surface area contributed by atoms with Gasteiger partial charge in [0.1, 0.15) is 0 Å². The predicted octanol–water partition coefficient (Wildman–Crippen LogP) is 0.707. The second-order valence-electron chi connectivity index (χ2n) is 4.23. The summed E-state index contributed by atoms with van der Waals surface area (Å²) in [4.78, 5) is 0. The molecule has 0 aromatic rings.